The van der Waals surface area contributed by atoms with Crippen molar-refractivity contribution in [1.82, 2.24) is 0 Å². The standard InChI is InChI=1S/C17H28/c1-12(2)16-9-7-8-15(10-16)11-17(13(3)4)14(5)6/h7-10,12-14,17H,11H2,1-6H3. The Morgan fingerprint density at radius 2 is 1.47 bits per heavy atom. The molecule has 0 heterocycles. The van der Waals surface area contributed by atoms with Gasteiger partial charge in [-0.15, -0.1) is 0 Å². The summed E-state index contributed by atoms with van der Waals surface area (Å²) in [5, 5.41) is 0. The summed E-state index contributed by atoms with van der Waals surface area (Å²) in [6.45, 7) is 13.9. The van der Waals surface area contributed by atoms with Gasteiger partial charge in [0.05, 0.1) is 0 Å². The van der Waals surface area contributed by atoms with Crippen LogP contribution in [0.5, 0.6) is 0 Å². The van der Waals surface area contributed by atoms with Crippen molar-refractivity contribution in [3.05, 3.63) is 35.4 Å². The Balaban J connectivity index is 2.82. The van der Waals surface area contributed by atoms with Crippen LogP contribution < -0.4 is 0 Å². The summed E-state index contributed by atoms with van der Waals surface area (Å²) in [7, 11) is 0. The van der Waals surface area contributed by atoms with Crippen molar-refractivity contribution in [2.45, 2.75) is 53.9 Å². The second kappa shape index (κ2) is 6.23. The third kappa shape index (κ3) is 4.18. The van der Waals surface area contributed by atoms with Crippen molar-refractivity contribution < 1.29 is 0 Å². The highest BCUT2D eigenvalue weighted by Crippen LogP contribution is 2.26. The lowest BCUT2D eigenvalue weighted by Gasteiger charge is -2.25. The van der Waals surface area contributed by atoms with E-state index in [0.717, 1.165) is 17.8 Å². The van der Waals surface area contributed by atoms with Crippen molar-refractivity contribution in [3.63, 3.8) is 0 Å². The molecule has 0 radical (unpaired) electrons. The predicted molar refractivity (Wildman–Crippen MR) is 77.4 cm³/mol. The molecule has 0 atom stereocenters. The monoisotopic (exact) mass is 232 g/mol. The highest BCUT2D eigenvalue weighted by molar-refractivity contribution is 5.26. The average Bonchev–Trinajstić information content (AvgIpc) is 2.25. The number of hydrogen-bond acceptors (Lipinski definition) is 0. The normalized spacial score (nSPS) is 12.1. The van der Waals surface area contributed by atoms with Crippen LogP contribution in [0.15, 0.2) is 24.3 Å². The van der Waals surface area contributed by atoms with Gasteiger partial charge >= 0.3 is 0 Å². The first-order valence-corrected chi connectivity index (χ1v) is 7.00. The first kappa shape index (κ1) is 14.3. The lowest BCUT2D eigenvalue weighted by molar-refractivity contribution is 0.286. The van der Waals surface area contributed by atoms with Gasteiger partial charge in [0.2, 0.25) is 0 Å². The summed E-state index contributed by atoms with van der Waals surface area (Å²) in [6.07, 6.45) is 1.22. The molecule has 0 nitrogen and oxygen atoms in total. The van der Waals surface area contributed by atoms with Crippen LogP contribution in [0.1, 0.15) is 58.6 Å². The van der Waals surface area contributed by atoms with E-state index in [2.05, 4.69) is 65.8 Å². The molecule has 17 heavy (non-hydrogen) atoms. The second-order valence-electron chi connectivity index (χ2n) is 6.26. The van der Waals surface area contributed by atoms with Gasteiger partial charge in [-0.1, -0.05) is 65.8 Å². The first-order valence-electron chi connectivity index (χ1n) is 7.00. The molecule has 0 saturated heterocycles. The van der Waals surface area contributed by atoms with Gasteiger partial charge in [-0.3, -0.25) is 0 Å². The minimum absolute atomic E-state index is 0.631. The van der Waals surface area contributed by atoms with Crippen molar-refractivity contribution in [3.8, 4) is 0 Å². The van der Waals surface area contributed by atoms with Gasteiger partial charge in [-0.05, 0) is 41.2 Å². The summed E-state index contributed by atoms with van der Waals surface area (Å²) in [5.74, 6) is 2.94. The molecule has 0 aromatic heterocycles. The van der Waals surface area contributed by atoms with Crippen LogP contribution in [0, 0.1) is 17.8 Å². The number of rotatable bonds is 5. The molecule has 1 aromatic carbocycles. The van der Waals surface area contributed by atoms with Crippen molar-refractivity contribution in [2.24, 2.45) is 17.8 Å². The quantitative estimate of drug-likeness (QED) is 0.648. The van der Waals surface area contributed by atoms with Crippen molar-refractivity contribution in [1.29, 1.82) is 0 Å². The molecule has 0 amide bonds. The summed E-state index contributed by atoms with van der Waals surface area (Å²) < 4.78 is 0. The van der Waals surface area contributed by atoms with Crippen LogP contribution in [0.2, 0.25) is 0 Å². The first-order chi connectivity index (χ1) is 7.91. The molecule has 0 bridgehead atoms. The predicted octanol–water partition coefficient (Wildman–Crippen LogP) is 5.28. The van der Waals surface area contributed by atoms with E-state index in [1.807, 2.05) is 0 Å². The zero-order valence-electron chi connectivity index (χ0n) is 12.3. The van der Waals surface area contributed by atoms with E-state index in [1.165, 1.54) is 17.5 Å². The van der Waals surface area contributed by atoms with Gasteiger partial charge in [0.25, 0.3) is 0 Å². The van der Waals surface area contributed by atoms with Crippen molar-refractivity contribution >= 4 is 0 Å². The molecular weight excluding hydrogens is 204 g/mol. The smallest absolute Gasteiger partial charge is 0.0219 e. The van der Waals surface area contributed by atoms with E-state index in [1.54, 1.807) is 0 Å². The van der Waals surface area contributed by atoms with E-state index < -0.39 is 0 Å². The lowest BCUT2D eigenvalue weighted by atomic mass is 9.80. The topological polar surface area (TPSA) is 0 Å². The Morgan fingerprint density at radius 1 is 0.882 bits per heavy atom. The van der Waals surface area contributed by atoms with E-state index in [4.69, 9.17) is 0 Å². The highest BCUT2D eigenvalue weighted by atomic mass is 14.2. The van der Waals surface area contributed by atoms with E-state index >= 15 is 0 Å². The molecule has 0 heteroatoms. The van der Waals surface area contributed by atoms with Gasteiger partial charge in [-0.25, -0.2) is 0 Å². The maximum Gasteiger partial charge on any atom is -0.0219 e. The fourth-order valence-electron chi connectivity index (χ4n) is 2.59. The molecule has 1 rings (SSSR count). The summed E-state index contributed by atoms with van der Waals surface area (Å²) in [6, 6.07) is 9.13. The second-order valence-corrected chi connectivity index (χ2v) is 6.26. The number of benzene rings is 1. The van der Waals surface area contributed by atoms with Gasteiger partial charge in [-0.2, -0.15) is 0 Å². The van der Waals surface area contributed by atoms with E-state index in [9.17, 15) is 0 Å². The van der Waals surface area contributed by atoms with Crippen LogP contribution in [0.25, 0.3) is 0 Å². The molecule has 0 aliphatic heterocycles. The minimum Gasteiger partial charge on any atom is -0.0625 e. The van der Waals surface area contributed by atoms with Gasteiger partial charge in [0.1, 0.15) is 0 Å². The molecule has 1 aromatic rings. The Kier molecular flexibility index (Phi) is 5.24. The molecular formula is C17H28. The van der Waals surface area contributed by atoms with E-state index in [-0.39, 0.29) is 0 Å². The van der Waals surface area contributed by atoms with E-state index in [0.29, 0.717) is 5.92 Å². The highest BCUT2D eigenvalue weighted by Gasteiger charge is 2.18. The SMILES string of the molecule is CC(C)c1cccc(CC(C(C)C)C(C)C)c1. The van der Waals surface area contributed by atoms with Crippen LogP contribution in [-0.2, 0) is 6.42 Å². The summed E-state index contributed by atoms with van der Waals surface area (Å²) >= 11 is 0. The fourth-order valence-corrected chi connectivity index (χ4v) is 2.59. The van der Waals surface area contributed by atoms with Crippen molar-refractivity contribution in [2.75, 3.05) is 0 Å². The third-order valence-electron chi connectivity index (χ3n) is 3.80. The van der Waals surface area contributed by atoms with Crippen LogP contribution in [-0.4, -0.2) is 0 Å². The molecule has 96 valence electrons. The maximum atomic E-state index is 2.39. The Morgan fingerprint density at radius 3 is 1.94 bits per heavy atom. The lowest BCUT2D eigenvalue weighted by Crippen LogP contribution is -2.18. The Bertz CT molecular complexity index is 326. The molecule has 0 spiro atoms. The molecule has 0 unspecified atom stereocenters. The van der Waals surface area contributed by atoms with Gasteiger partial charge in [0.15, 0.2) is 0 Å². The zero-order valence-corrected chi connectivity index (χ0v) is 12.3. The third-order valence-corrected chi connectivity index (χ3v) is 3.80. The van der Waals surface area contributed by atoms with Gasteiger partial charge in [0, 0.05) is 0 Å². The molecule has 0 aliphatic rings. The zero-order chi connectivity index (χ0) is 13.0. The van der Waals surface area contributed by atoms with Crippen LogP contribution >= 0.6 is 0 Å². The van der Waals surface area contributed by atoms with Crippen LogP contribution in [0.3, 0.4) is 0 Å². The van der Waals surface area contributed by atoms with Gasteiger partial charge < -0.3 is 0 Å². The largest absolute Gasteiger partial charge is 0.0625 e. The number of hydrogen-bond donors (Lipinski definition) is 0. The average molecular weight is 232 g/mol. The summed E-state index contributed by atoms with van der Waals surface area (Å²) in [5.41, 5.74) is 2.97. The van der Waals surface area contributed by atoms with Crippen LogP contribution in [0.4, 0.5) is 0 Å². The fraction of sp³-hybridized carbons (Fsp3) is 0.647. The summed E-state index contributed by atoms with van der Waals surface area (Å²) in [4.78, 5) is 0. The molecule has 0 N–H and O–H groups in total. The Hall–Kier alpha value is -0.780. The molecule has 0 fully saturated rings. The Labute approximate surface area is 107 Å². The maximum absolute atomic E-state index is 2.39. The molecule has 0 saturated carbocycles. The molecule has 0 aliphatic carbocycles. The minimum atomic E-state index is 0.631.